The lowest BCUT2D eigenvalue weighted by atomic mass is 9.99. The molecule has 1 unspecified atom stereocenters. The van der Waals surface area contributed by atoms with Gasteiger partial charge in [-0.05, 0) is 47.5 Å². The van der Waals surface area contributed by atoms with Gasteiger partial charge >= 0.3 is 12.1 Å². The van der Waals surface area contributed by atoms with E-state index in [1.807, 2.05) is 0 Å². The molecule has 0 aliphatic heterocycles. The summed E-state index contributed by atoms with van der Waals surface area (Å²) in [6.07, 6.45) is 0.347. The number of hydrogen-bond donors (Lipinski definition) is 1. The third kappa shape index (κ3) is 8.50. The molecule has 0 spiro atoms. The minimum Gasteiger partial charge on any atom is -0.465 e. The molecule has 0 saturated heterocycles. The van der Waals surface area contributed by atoms with Gasteiger partial charge in [0.1, 0.15) is 17.3 Å². The van der Waals surface area contributed by atoms with Gasteiger partial charge in [-0.25, -0.2) is 4.79 Å². The molecule has 0 radical (unpaired) electrons. The molecule has 20 heavy (non-hydrogen) atoms. The summed E-state index contributed by atoms with van der Waals surface area (Å²) in [6, 6.07) is 0. The Kier molecular flexibility index (Phi) is 7.87. The second kappa shape index (κ2) is 8.55. The molecule has 6 nitrogen and oxygen atoms in total. The number of carbonyl (C=O) groups excluding carboxylic acids is 3. The van der Waals surface area contributed by atoms with Crippen molar-refractivity contribution in [1.82, 2.24) is 5.32 Å². The van der Waals surface area contributed by atoms with Crippen molar-refractivity contribution in [2.24, 2.45) is 5.92 Å². The first-order valence-electron chi connectivity index (χ1n) is 6.81. The molecule has 0 aromatic carbocycles. The molecule has 116 valence electrons. The normalized spacial score (nSPS) is 12.4. The van der Waals surface area contributed by atoms with Crippen LogP contribution in [0.3, 0.4) is 0 Å². The van der Waals surface area contributed by atoms with Gasteiger partial charge in [-0.1, -0.05) is 0 Å². The Morgan fingerprint density at radius 1 is 1.20 bits per heavy atom. The van der Waals surface area contributed by atoms with Gasteiger partial charge in [0.2, 0.25) is 0 Å². The lowest BCUT2D eigenvalue weighted by Gasteiger charge is -2.19. The summed E-state index contributed by atoms with van der Waals surface area (Å²) >= 11 is 0. The SMILES string of the molecule is CCOC(=O)C(CCCNC(=O)OC(C)(C)C)C(C)=O. The van der Waals surface area contributed by atoms with Crippen molar-refractivity contribution in [3.05, 3.63) is 0 Å². The fraction of sp³-hybridized carbons (Fsp3) is 0.786. The molecule has 0 rings (SSSR count). The molecule has 0 bridgehead atoms. The Morgan fingerprint density at radius 2 is 1.80 bits per heavy atom. The summed E-state index contributed by atoms with van der Waals surface area (Å²) in [4.78, 5) is 34.3. The first-order valence-corrected chi connectivity index (χ1v) is 6.81. The maximum Gasteiger partial charge on any atom is 0.407 e. The van der Waals surface area contributed by atoms with Crippen LogP contribution >= 0.6 is 0 Å². The molecule has 1 N–H and O–H groups in total. The van der Waals surface area contributed by atoms with Gasteiger partial charge in [0.15, 0.2) is 0 Å². The van der Waals surface area contributed by atoms with Crippen molar-refractivity contribution in [3.63, 3.8) is 0 Å². The standard InChI is InChI=1S/C14H25NO5/c1-6-19-12(17)11(10(2)16)8-7-9-15-13(18)20-14(3,4)5/h11H,6-9H2,1-5H3,(H,15,18). The second-order valence-electron chi connectivity index (χ2n) is 5.49. The predicted octanol–water partition coefficient (Wildman–Crippen LogP) is 2.06. The summed E-state index contributed by atoms with van der Waals surface area (Å²) in [5, 5.41) is 2.58. The average Bonchev–Trinajstić information content (AvgIpc) is 2.25. The molecule has 0 saturated carbocycles. The molecule has 0 aromatic rings. The smallest absolute Gasteiger partial charge is 0.407 e. The van der Waals surface area contributed by atoms with Crippen molar-refractivity contribution in [3.8, 4) is 0 Å². The number of hydrogen-bond acceptors (Lipinski definition) is 5. The third-order valence-electron chi connectivity index (χ3n) is 2.40. The zero-order valence-electron chi connectivity index (χ0n) is 12.9. The molecule has 0 aromatic heterocycles. The van der Waals surface area contributed by atoms with E-state index >= 15 is 0 Å². The van der Waals surface area contributed by atoms with Gasteiger partial charge in [-0.3, -0.25) is 9.59 Å². The number of esters is 1. The van der Waals surface area contributed by atoms with Crippen LogP contribution in [0.5, 0.6) is 0 Å². The van der Waals surface area contributed by atoms with Gasteiger partial charge in [-0.15, -0.1) is 0 Å². The van der Waals surface area contributed by atoms with Crippen molar-refractivity contribution < 1.29 is 23.9 Å². The molecule has 1 atom stereocenters. The molecule has 1 amide bonds. The highest BCUT2D eigenvalue weighted by Gasteiger charge is 2.24. The molecular weight excluding hydrogens is 262 g/mol. The highest BCUT2D eigenvalue weighted by molar-refractivity contribution is 5.97. The summed E-state index contributed by atoms with van der Waals surface area (Å²) in [5.74, 6) is -1.48. The quantitative estimate of drug-likeness (QED) is 0.440. The van der Waals surface area contributed by atoms with E-state index < -0.39 is 23.6 Å². The van der Waals surface area contributed by atoms with Crippen LogP contribution in [0.2, 0.25) is 0 Å². The average molecular weight is 287 g/mol. The number of nitrogens with one attached hydrogen (secondary N) is 1. The Morgan fingerprint density at radius 3 is 2.25 bits per heavy atom. The number of rotatable bonds is 7. The van der Waals surface area contributed by atoms with Crippen LogP contribution in [0.15, 0.2) is 0 Å². The fourth-order valence-electron chi connectivity index (χ4n) is 1.54. The molecule has 6 heteroatoms. The van der Waals surface area contributed by atoms with E-state index in [1.165, 1.54) is 6.92 Å². The number of Topliss-reactive ketones (excluding diaryl/α,β-unsaturated/α-hetero) is 1. The highest BCUT2D eigenvalue weighted by Crippen LogP contribution is 2.10. The Bertz CT molecular complexity index is 346. The van der Waals surface area contributed by atoms with E-state index in [2.05, 4.69) is 5.32 Å². The summed E-state index contributed by atoms with van der Waals surface area (Å²) in [5.41, 5.74) is -0.545. The number of alkyl carbamates (subject to hydrolysis) is 1. The minimum absolute atomic E-state index is 0.222. The lowest BCUT2D eigenvalue weighted by Crippen LogP contribution is -2.33. The highest BCUT2D eigenvalue weighted by atomic mass is 16.6. The first kappa shape index (κ1) is 18.4. The van der Waals surface area contributed by atoms with E-state index in [9.17, 15) is 14.4 Å². The van der Waals surface area contributed by atoms with Crippen molar-refractivity contribution >= 4 is 17.8 Å². The summed E-state index contributed by atoms with van der Waals surface area (Å²) < 4.78 is 9.91. The van der Waals surface area contributed by atoms with Crippen molar-refractivity contribution in [2.75, 3.05) is 13.2 Å². The maximum atomic E-state index is 11.5. The molecule has 0 fully saturated rings. The van der Waals surface area contributed by atoms with Crippen LogP contribution in [0.4, 0.5) is 4.79 Å². The predicted molar refractivity (Wildman–Crippen MR) is 74.3 cm³/mol. The fourth-order valence-corrected chi connectivity index (χ4v) is 1.54. The van der Waals surface area contributed by atoms with Crippen molar-refractivity contribution in [1.29, 1.82) is 0 Å². The van der Waals surface area contributed by atoms with Crippen LogP contribution in [0.25, 0.3) is 0 Å². The number of amides is 1. The second-order valence-corrected chi connectivity index (χ2v) is 5.49. The number of ketones is 1. The third-order valence-corrected chi connectivity index (χ3v) is 2.40. The monoisotopic (exact) mass is 287 g/mol. The lowest BCUT2D eigenvalue weighted by molar-refractivity contribution is -0.151. The Labute approximate surface area is 120 Å². The van der Waals surface area contributed by atoms with Gasteiger partial charge in [0.05, 0.1) is 6.61 Å². The van der Waals surface area contributed by atoms with Crippen molar-refractivity contribution in [2.45, 2.75) is 53.1 Å². The zero-order valence-corrected chi connectivity index (χ0v) is 12.9. The van der Waals surface area contributed by atoms with Gasteiger partial charge in [0.25, 0.3) is 0 Å². The Hall–Kier alpha value is -1.59. The van der Waals surface area contributed by atoms with Crippen LogP contribution in [0, 0.1) is 5.92 Å². The van der Waals surface area contributed by atoms with E-state index in [4.69, 9.17) is 9.47 Å². The van der Waals surface area contributed by atoms with Crippen LogP contribution in [-0.2, 0) is 19.1 Å². The minimum atomic E-state index is -0.754. The van der Waals surface area contributed by atoms with E-state index in [1.54, 1.807) is 27.7 Å². The van der Waals surface area contributed by atoms with Crippen LogP contribution in [0.1, 0.15) is 47.5 Å². The van der Waals surface area contributed by atoms with E-state index in [0.717, 1.165) is 0 Å². The van der Waals surface area contributed by atoms with Gasteiger partial charge < -0.3 is 14.8 Å². The largest absolute Gasteiger partial charge is 0.465 e. The Balaban J connectivity index is 4.05. The number of ether oxygens (including phenoxy) is 2. The molecular formula is C14H25NO5. The molecule has 0 aliphatic carbocycles. The number of carbonyl (C=O) groups is 3. The van der Waals surface area contributed by atoms with E-state index in [0.29, 0.717) is 19.4 Å². The van der Waals surface area contributed by atoms with Gasteiger partial charge in [0, 0.05) is 6.54 Å². The summed E-state index contributed by atoms with van der Waals surface area (Å²) in [6.45, 7) is 8.98. The first-order chi connectivity index (χ1) is 9.17. The van der Waals surface area contributed by atoms with E-state index in [-0.39, 0.29) is 12.4 Å². The van der Waals surface area contributed by atoms with Crippen LogP contribution < -0.4 is 5.32 Å². The topological polar surface area (TPSA) is 81.7 Å². The zero-order chi connectivity index (χ0) is 15.8. The van der Waals surface area contributed by atoms with Crippen LogP contribution in [-0.4, -0.2) is 36.6 Å². The molecule has 0 aliphatic rings. The van der Waals surface area contributed by atoms with Gasteiger partial charge in [-0.2, -0.15) is 0 Å². The molecule has 0 heterocycles. The maximum absolute atomic E-state index is 11.5. The summed E-state index contributed by atoms with van der Waals surface area (Å²) in [7, 11) is 0.